The minimum atomic E-state index is -3.56. The van der Waals surface area contributed by atoms with Gasteiger partial charge in [-0.3, -0.25) is 4.72 Å². The molecule has 0 unspecified atom stereocenters. The van der Waals surface area contributed by atoms with E-state index in [1.165, 1.54) is 12.1 Å². The predicted octanol–water partition coefficient (Wildman–Crippen LogP) is 1.32. The van der Waals surface area contributed by atoms with E-state index in [0.717, 1.165) is 6.07 Å². The molecule has 0 bridgehead atoms. The van der Waals surface area contributed by atoms with Crippen LogP contribution in [0.2, 0.25) is 0 Å². The Hall–Kier alpha value is -0.660. The molecule has 1 aromatic carbocycles. The van der Waals surface area contributed by atoms with Gasteiger partial charge in [-0.2, -0.15) is 0 Å². The third-order valence-corrected chi connectivity index (χ3v) is 3.43. The molecule has 0 saturated heterocycles. The number of benzene rings is 1. The standard InChI is InChI=1S/C8H9BrFNO3S/c9-7-5-6(1-2-8(7)10)11-15(13,14)4-3-12/h1-2,5,11-12H,3-4H2. The van der Waals surface area contributed by atoms with Crippen molar-refractivity contribution in [3.05, 3.63) is 28.5 Å². The van der Waals surface area contributed by atoms with Crippen molar-refractivity contribution in [2.24, 2.45) is 0 Å². The summed E-state index contributed by atoms with van der Waals surface area (Å²) in [4.78, 5) is 0. The van der Waals surface area contributed by atoms with Gasteiger partial charge in [-0.1, -0.05) is 0 Å². The number of hydrogen-bond acceptors (Lipinski definition) is 3. The van der Waals surface area contributed by atoms with Gasteiger partial charge in [-0.25, -0.2) is 12.8 Å². The molecule has 0 aromatic heterocycles. The maximum atomic E-state index is 12.8. The summed E-state index contributed by atoms with van der Waals surface area (Å²) in [5.74, 6) is -0.859. The lowest BCUT2D eigenvalue weighted by Crippen LogP contribution is -2.18. The van der Waals surface area contributed by atoms with Crippen LogP contribution in [0.5, 0.6) is 0 Å². The molecule has 0 fully saturated rings. The second kappa shape index (κ2) is 4.91. The Morgan fingerprint density at radius 3 is 2.67 bits per heavy atom. The summed E-state index contributed by atoms with van der Waals surface area (Å²) in [6.07, 6.45) is 0. The highest BCUT2D eigenvalue weighted by molar-refractivity contribution is 9.10. The van der Waals surface area contributed by atoms with Crippen molar-refractivity contribution in [3.63, 3.8) is 0 Å². The van der Waals surface area contributed by atoms with E-state index in [9.17, 15) is 12.8 Å². The van der Waals surface area contributed by atoms with E-state index in [-0.39, 0.29) is 15.9 Å². The SMILES string of the molecule is O=S(=O)(CCO)Nc1ccc(F)c(Br)c1. The van der Waals surface area contributed by atoms with Crippen LogP contribution < -0.4 is 4.72 Å². The van der Waals surface area contributed by atoms with Crippen LogP contribution in [0.4, 0.5) is 10.1 Å². The Kier molecular flexibility index (Phi) is 4.06. The van der Waals surface area contributed by atoms with Crippen molar-refractivity contribution >= 4 is 31.6 Å². The molecule has 0 aliphatic rings. The number of halogens is 2. The molecule has 0 atom stereocenters. The Balaban J connectivity index is 2.86. The third kappa shape index (κ3) is 3.77. The molecule has 4 nitrogen and oxygen atoms in total. The lowest BCUT2D eigenvalue weighted by atomic mass is 10.3. The molecule has 1 aromatic rings. The quantitative estimate of drug-likeness (QED) is 0.881. The molecular weight excluding hydrogens is 289 g/mol. The zero-order valence-electron chi connectivity index (χ0n) is 7.57. The first-order valence-corrected chi connectivity index (χ1v) is 6.45. The smallest absolute Gasteiger partial charge is 0.234 e. The molecule has 0 saturated carbocycles. The first kappa shape index (κ1) is 12.4. The molecule has 84 valence electrons. The van der Waals surface area contributed by atoms with Gasteiger partial charge in [-0.05, 0) is 34.1 Å². The average Bonchev–Trinajstić information content (AvgIpc) is 2.10. The van der Waals surface area contributed by atoms with Crippen LogP contribution in [0.25, 0.3) is 0 Å². The van der Waals surface area contributed by atoms with Crippen LogP contribution in [-0.4, -0.2) is 25.9 Å². The van der Waals surface area contributed by atoms with E-state index < -0.39 is 22.4 Å². The van der Waals surface area contributed by atoms with Crippen molar-refractivity contribution in [3.8, 4) is 0 Å². The second-order valence-electron chi connectivity index (χ2n) is 2.77. The van der Waals surface area contributed by atoms with Crippen molar-refractivity contribution in [2.75, 3.05) is 17.1 Å². The van der Waals surface area contributed by atoms with Gasteiger partial charge in [0.15, 0.2) is 0 Å². The molecule has 15 heavy (non-hydrogen) atoms. The van der Waals surface area contributed by atoms with Gasteiger partial charge in [0.05, 0.1) is 16.8 Å². The van der Waals surface area contributed by atoms with E-state index >= 15 is 0 Å². The van der Waals surface area contributed by atoms with Crippen LogP contribution in [0.15, 0.2) is 22.7 Å². The van der Waals surface area contributed by atoms with Gasteiger partial charge in [0.1, 0.15) is 5.82 Å². The minimum absolute atomic E-state index is 0.173. The summed E-state index contributed by atoms with van der Waals surface area (Å²) in [7, 11) is -3.56. The number of nitrogens with one attached hydrogen (secondary N) is 1. The zero-order chi connectivity index (χ0) is 11.5. The molecule has 0 heterocycles. The highest BCUT2D eigenvalue weighted by Crippen LogP contribution is 2.20. The molecule has 0 amide bonds. The largest absolute Gasteiger partial charge is 0.395 e. The first-order valence-electron chi connectivity index (χ1n) is 4.01. The van der Waals surface area contributed by atoms with Gasteiger partial charge in [0.25, 0.3) is 0 Å². The lowest BCUT2D eigenvalue weighted by Gasteiger charge is -2.06. The van der Waals surface area contributed by atoms with Gasteiger partial charge in [0, 0.05) is 5.69 Å². The zero-order valence-corrected chi connectivity index (χ0v) is 9.98. The van der Waals surface area contributed by atoms with E-state index in [2.05, 4.69) is 20.7 Å². The van der Waals surface area contributed by atoms with Crippen LogP contribution in [-0.2, 0) is 10.0 Å². The number of aliphatic hydroxyl groups is 1. The molecule has 0 aliphatic heterocycles. The molecule has 0 spiro atoms. The van der Waals surface area contributed by atoms with E-state index in [1.807, 2.05) is 0 Å². The van der Waals surface area contributed by atoms with Crippen molar-refractivity contribution in [1.82, 2.24) is 0 Å². The van der Waals surface area contributed by atoms with Crippen LogP contribution in [0, 0.1) is 5.82 Å². The van der Waals surface area contributed by atoms with Crippen LogP contribution in [0.1, 0.15) is 0 Å². The van der Waals surface area contributed by atoms with Crippen molar-refractivity contribution < 1.29 is 17.9 Å². The third-order valence-electron chi connectivity index (χ3n) is 1.55. The predicted molar refractivity (Wildman–Crippen MR) is 58.6 cm³/mol. The second-order valence-corrected chi connectivity index (χ2v) is 5.47. The monoisotopic (exact) mass is 297 g/mol. The summed E-state index contributed by atoms with van der Waals surface area (Å²) >= 11 is 2.93. The van der Waals surface area contributed by atoms with Gasteiger partial charge in [0.2, 0.25) is 10.0 Å². The number of anilines is 1. The summed E-state index contributed by atoms with van der Waals surface area (Å²) in [5.41, 5.74) is 0.247. The Bertz CT molecular complexity index is 449. The lowest BCUT2D eigenvalue weighted by molar-refractivity contribution is 0.320. The van der Waals surface area contributed by atoms with Crippen molar-refractivity contribution in [2.45, 2.75) is 0 Å². The highest BCUT2D eigenvalue weighted by atomic mass is 79.9. The fourth-order valence-electron chi connectivity index (χ4n) is 0.910. The number of rotatable bonds is 4. The van der Waals surface area contributed by atoms with Gasteiger partial charge in [-0.15, -0.1) is 0 Å². The Labute approximate surface area is 95.3 Å². The van der Waals surface area contributed by atoms with E-state index in [0.29, 0.717) is 0 Å². The van der Waals surface area contributed by atoms with Crippen LogP contribution in [0.3, 0.4) is 0 Å². The molecular formula is C8H9BrFNO3S. The van der Waals surface area contributed by atoms with E-state index in [1.54, 1.807) is 0 Å². The number of sulfonamides is 1. The normalized spacial score (nSPS) is 11.4. The summed E-state index contributed by atoms with van der Waals surface area (Å²) in [5, 5.41) is 8.49. The average molecular weight is 298 g/mol. The van der Waals surface area contributed by atoms with Crippen LogP contribution >= 0.6 is 15.9 Å². The maximum Gasteiger partial charge on any atom is 0.234 e. The summed E-state index contributed by atoms with van der Waals surface area (Å²) in [6, 6.07) is 3.75. The topological polar surface area (TPSA) is 66.4 Å². The van der Waals surface area contributed by atoms with E-state index in [4.69, 9.17) is 5.11 Å². The number of aliphatic hydroxyl groups excluding tert-OH is 1. The minimum Gasteiger partial charge on any atom is -0.395 e. The Morgan fingerprint density at radius 2 is 2.13 bits per heavy atom. The molecule has 7 heteroatoms. The van der Waals surface area contributed by atoms with Gasteiger partial charge < -0.3 is 5.11 Å². The first-order chi connectivity index (χ1) is 6.94. The maximum absolute atomic E-state index is 12.8. The van der Waals surface area contributed by atoms with Crippen molar-refractivity contribution in [1.29, 1.82) is 0 Å². The highest BCUT2D eigenvalue weighted by Gasteiger charge is 2.10. The molecule has 1 rings (SSSR count). The van der Waals surface area contributed by atoms with Gasteiger partial charge >= 0.3 is 0 Å². The fraction of sp³-hybridized carbons (Fsp3) is 0.250. The molecule has 2 N–H and O–H groups in total. The molecule has 0 radical (unpaired) electrons. The fourth-order valence-corrected chi connectivity index (χ4v) is 2.12. The summed E-state index contributed by atoms with van der Waals surface area (Å²) < 4.78 is 37.6. The molecule has 0 aliphatic carbocycles. The Morgan fingerprint density at radius 1 is 1.47 bits per heavy atom. The summed E-state index contributed by atoms with van der Waals surface area (Å²) in [6.45, 7) is -0.461. The number of hydrogen-bond donors (Lipinski definition) is 2.